The van der Waals surface area contributed by atoms with E-state index in [4.69, 9.17) is 5.11 Å². The average Bonchev–Trinajstić information content (AvgIpc) is 2.76. The van der Waals surface area contributed by atoms with Crippen molar-refractivity contribution in [2.75, 3.05) is 4.72 Å². The number of carboxylic acid groups (broad SMARTS) is 1. The Labute approximate surface area is 108 Å². The Bertz CT molecular complexity index is 723. The first kappa shape index (κ1) is 13.0. The van der Waals surface area contributed by atoms with Gasteiger partial charge in [0, 0.05) is 13.2 Å². The molecule has 0 aliphatic heterocycles. The van der Waals surface area contributed by atoms with E-state index in [1.165, 1.54) is 42.3 Å². The van der Waals surface area contributed by atoms with Gasteiger partial charge in [-0.1, -0.05) is 0 Å². The first-order chi connectivity index (χ1) is 8.92. The minimum absolute atomic E-state index is 0.0762. The molecule has 0 unspecified atom stereocenters. The largest absolute Gasteiger partial charge is 0.476 e. The molecule has 0 amide bonds. The summed E-state index contributed by atoms with van der Waals surface area (Å²) in [4.78, 5) is 14.6. The van der Waals surface area contributed by atoms with Crippen LogP contribution in [0.25, 0.3) is 0 Å². The number of anilines is 1. The van der Waals surface area contributed by atoms with Crippen LogP contribution >= 0.6 is 0 Å². The second-order valence-corrected chi connectivity index (χ2v) is 5.23. The van der Waals surface area contributed by atoms with Crippen molar-refractivity contribution in [3.8, 4) is 0 Å². The Hall–Kier alpha value is -2.42. The molecule has 2 N–H and O–H groups in total. The summed E-state index contributed by atoms with van der Waals surface area (Å²) in [5.41, 5.74) is -0.468. The van der Waals surface area contributed by atoms with Gasteiger partial charge in [-0.25, -0.2) is 9.78 Å². The second kappa shape index (κ2) is 4.69. The summed E-state index contributed by atoms with van der Waals surface area (Å²) in [6.07, 6.45) is 2.60. The van der Waals surface area contributed by atoms with E-state index < -0.39 is 16.0 Å². The molecule has 0 spiro atoms. The Morgan fingerprint density at radius 1 is 1.37 bits per heavy atom. The van der Waals surface area contributed by atoms with E-state index in [1.807, 2.05) is 0 Å². The fourth-order valence-corrected chi connectivity index (χ4v) is 2.67. The third-order valence-corrected chi connectivity index (χ3v) is 3.75. The number of aromatic nitrogens is 3. The minimum atomic E-state index is -3.91. The number of pyridine rings is 1. The van der Waals surface area contributed by atoms with Crippen LogP contribution in [0.3, 0.4) is 0 Å². The lowest BCUT2D eigenvalue weighted by Gasteiger charge is -2.09. The first-order valence-corrected chi connectivity index (χ1v) is 6.59. The number of nitrogens with zero attached hydrogens (tertiary/aromatic N) is 3. The topological polar surface area (TPSA) is 114 Å². The zero-order chi connectivity index (χ0) is 14.0. The molecular formula is C10H10N4O4S. The Balaban J connectivity index is 2.42. The quantitative estimate of drug-likeness (QED) is 0.834. The van der Waals surface area contributed by atoms with Crippen LogP contribution < -0.4 is 4.72 Å². The summed E-state index contributed by atoms with van der Waals surface area (Å²) in [6.45, 7) is 0. The van der Waals surface area contributed by atoms with Crippen LogP contribution in [0.2, 0.25) is 0 Å². The summed E-state index contributed by atoms with van der Waals surface area (Å²) >= 11 is 0. The highest BCUT2D eigenvalue weighted by molar-refractivity contribution is 7.92. The van der Waals surface area contributed by atoms with E-state index >= 15 is 0 Å². The van der Waals surface area contributed by atoms with Crippen LogP contribution in [-0.2, 0) is 17.1 Å². The molecule has 0 fully saturated rings. The summed E-state index contributed by atoms with van der Waals surface area (Å²) in [7, 11) is -2.44. The van der Waals surface area contributed by atoms with Crippen LogP contribution in [0.1, 0.15) is 10.5 Å². The number of carboxylic acids is 1. The van der Waals surface area contributed by atoms with Crippen molar-refractivity contribution in [2.45, 2.75) is 5.03 Å². The molecule has 0 aliphatic rings. The molecule has 0 aliphatic carbocycles. The standard InChI is InChI=1S/C10H10N4O4S/c1-14-8(4-6-12-14)19(17,18)13-7-3-2-5-11-9(7)10(15)16/h2-6,13H,1H3,(H,15,16). The lowest BCUT2D eigenvalue weighted by Crippen LogP contribution is -2.19. The summed E-state index contributed by atoms with van der Waals surface area (Å²) in [6, 6.07) is 4.07. The molecule has 9 heteroatoms. The smallest absolute Gasteiger partial charge is 0.356 e. The van der Waals surface area contributed by atoms with Crippen molar-refractivity contribution >= 4 is 21.7 Å². The van der Waals surface area contributed by atoms with Crippen LogP contribution in [0.5, 0.6) is 0 Å². The molecule has 2 rings (SSSR count). The molecule has 0 bridgehead atoms. The normalized spacial score (nSPS) is 11.2. The number of aromatic carboxylic acids is 1. The van der Waals surface area contributed by atoms with Gasteiger partial charge in [0.05, 0.1) is 11.9 Å². The van der Waals surface area contributed by atoms with Crippen LogP contribution in [0, 0.1) is 0 Å². The third-order valence-electron chi connectivity index (χ3n) is 2.31. The van der Waals surface area contributed by atoms with Gasteiger partial charge in [-0.2, -0.15) is 13.5 Å². The predicted octanol–water partition coefficient (Wildman–Crippen LogP) is 0.314. The zero-order valence-corrected chi connectivity index (χ0v) is 10.6. The maximum atomic E-state index is 12.1. The Morgan fingerprint density at radius 3 is 2.68 bits per heavy atom. The molecule has 2 heterocycles. The summed E-state index contributed by atoms with van der Waals surface area (Å²) in [5, 5.41) is 12.6. The molecule has 19 heavy (non-hydrogen) atoms. The summed E-state index contributed by atoms with van der Waals surface area (Å²) in [5.74, 6) is -1.32. The van der Waals surface area contributed by atoms with Gasteiger partial charge in [-0.15, -0.1) is 0 Å². The molecule has 0 aromatic carbocycles. The molecule has 100 valence electrons. The van der Waals surface area contributed by atoms with Gasteiger partial charge in [0.15, 0.2) is 10.7 Å². The van der Waals surface area contributed by atoms with Gasteiger partial charge in [0.25, 0.3) is 10.0 Å². The van der Waals surface area contributed by atoms with E-state index in [9.17, 15) is 13.2 Å². The van der Waals surface area contributed by atoms with Gasteiger partial charge in [0.2, 0.25) is 0 Å². The van der Waals surface area contributed by atoms with E-state index in [0.717, 1.165) is 0 Å². The molecule has 0 radical (unpaired) electrons. The highest BCUT2D eigenvalue weighted by Gasteiger charge is 2.21. The molecule has 0 saturated carbocycles. The number of sulfonamides is 1. The zero-order valence-electron chi connectivity index (χ0n) is 9.81. The maximum absolute atomic E-state index is 12.1. The van der Waals surface area contributed by atoms with Gasteiger partial charge >= 0.3 is 5.97 Å². The van der Waals surface area contributed by atoms with Crippen LogP contribution in [-0.4, -0.2) is 34.3 Å². The molecular weight excluding hydrogens is 272 g/mol. The Morgan fingerprint density at radius 2 is 2.11 bits per heavy atom. The Kier molecular flexibility index (Phi) is 3.21. The van der Waals surface area contributed by atoms with Crippen LogP contribution in [0.15, 0.2) is 35.6 Å². The van der Waals surface area contributed by atoms with Gasteiger partial charge in [-0.3, -0.25) is 9.40 Å². The van der Waals surface area contributed by atoms with E-state index in [1.54, 1.807) is 0 Å². The fourth-order valence-electron chi connectivity index (χ4n) is 1.48. The van der Waals surface area contributed by atoms with E-state index in [2.05, 4.69) is 14.8 Å². The molecule has 0 atom stereocenters. The van der Waals surface area contributed by atoms with Crippen molar-refractivity contribution in [1.29, 1.82) is 0 Å². The van der Waals surface area contributed by atoms with Crippen LogP contribution in [0.4, 0.5) is 5.69 Å². The maximum Gasteiger partial charge on any atom is 0.356 e. The number of hydrogen-bond acceptors (Lipinski definition) is 5. The lowest BCUT2D eigenvalue weighted by atomic mass is 10.3. The first-order valence-electron chi connectivity index (χ1n) is 5.11. The van der Waals surface area contributed by atoms with Gasteiger partial charge < -0.3 is 5.11 Å². The monoisotopic (exact) mass is 282 g/mol. The highest BCUT2D eigenvalue weighted by atomic mass is 32.2. The minimum Gasteiger partial charge on any atom is -0.476 e. The highest BCUT2D eigenvalue weighted by Crippen LogP contribution is 2.17. The number of carbonyl (C=O) groups is 1. The number of hydrogen-bond donors (Lipinski definition) is 2. The number of rotatable bonds is 4. The predicted molar refractivity (Wildman–Crippen MR) is 65.2 cm³/mol. The lowest BCUT2D eigenvalue weighted by molar-refractivity contribution is 0.0692. The molecule has 8 nitrogen and oxygen atoms in total. The average molecular weight is 282 g/mol. The second-order valence-electron chi connectivity index (χ2n) is 3.60. The summed E-state index contributed by atoms with van der Waals surface area (Å²) < 4.78 is 27.5. The van der Waals surface area contributed by atoms with Crippen molar-refractivity contribution in [3.05, 3.63) is 36.3 Å². The number of aryl methyl sites for hydroxylation is 1. The van der Waals surface area contributed by atoms with Crippen molar-refractivity contribution < 1.29 is 18.3 Å². The van der Waals surface area contributed by atoms with Crippen molar-refractivity contribution in [3.63, 3.8) is 0 Å². The molecule has 2 aromatic heterocycles. The third kappa shape index (κ3) is 2.55. The number of nitrogens with one attached hydrogen (secondary N) is 1. The van der Waals surface area contributed by atoms with Gasteiger partial charge in [0.1, 0.15) is 0 Å². The van der Waals surface area contributed by atoms with E-state index in [-0.39, 0.29) is 16.4 Å². The SMILES string of the molecule is Cn1nccc1S(=O)(=O)Nc1cccnc1C(=O)O. The van der Waals surface area contributed by atoms with Gasteiger partial charge in [-0.05, 0) is 18.2 Å². The fraction of sp³-hybridized carbons (Fsp3) is 0.100. The van der Waals surface area contributed by atoms with Crippen molar-refractivity contribution in [2.24, 2.45) is 7.05 Å². The van der Waals surface area contributed by atoms with Crippen molar-refractivity contribution in [1.82, 2.24) is 14.8 Å². The molecule has 2 aromatic rings. The van der Waals surface area contributed by atoms with E-state index in [0.29, 0.717) is 0 Å². The molecule has 0 saturated heterocycles.